The number of nitrogen functional groups attached to an aromatic ring is 1. The predicted molar refractivity (Wildman–Crippen MR) is 132 cm³/mol. The van der Waals surface area contributed by atoms with Crippen molar-refractivity contribution in [1.29, 1.82) is 5.26 Å². The number of rotatable bonds is 5. The minimum absolute atomic E-state index is 0.0232. The minimum Gasteiger partial charge on any atom is -0.368 e. The molecule has 178 valence electrons. The van der Waals surface area contributed by atoms with Gasteiger partial charge >= 0.3 is 0 Å². The van der Waals surface area contributed by atoms with Crippen LogP contribution in [0.5, 0.6) is 0 Å². The molecule has 11 heteroatoms. The molecule has 0 aliphatic rings. The van der Waals surface area contributed by atoms with Crippen LogP contribution in [-0.2, 0) is 13.6 Å². The molecule has 4 aromatic heterocycles. The highest BCUT2D eigenvalue weighted by Gasteiger charge is 2.23. The fourth-order valence-electron chi connectivity index (χ4n) is 3.90. The molecule has 1 aromatic carbocycles. The summed E-state index contributed by atoms with van der Waals surface area (Å²) in [5, 5.41) is 16.9. The molecule has 4 heterocycles. The van der Waals surface area contributed by atoms with Gasteiger partial charge in [-0.15, -0.1) is 5.10 Å². The largest absolute Gasteiger partial charge is 0.368 e. The number of hydrogen-bond acceptors (Lipinski definition) is 8. The van der Waals surface area contributed by atoms with Gasteiger partial charge in [-0.1, -0.05) is 12.1 Å². The van der Waals surface area contributed by atoms with E-state index in [1.54, 1.807) is 31.6 Å². The van der Waals surface area contributed by atoms with Gasteiger partial charge in [0.25, 0.3) is 0 Å². The zero-order valence-electron chi connectivity index (χ0n) is 19.4. The number of aryl methyl sites for hydroxylation is 2. The Balaban J connectivity index is 1.73. The summed E-state index contributed by atoms with van der Waals surface area (Å²) in [5.74, 6) is -0.487. The number of nitrogens with two attached hydrogens (primary N) is 1. The highest BCUT2D eigenvalue weighted by atomic mass is 19.1. The average Bonchev–Trinajstić information content (AvgIpc) is 3.30. The van der Waals surface area contributed by atoms with Crippen LogP contribution in [0.2, 0.25) is 0 Å². The Morgan fingerprint density at radius 3 is 2.75 bits per heavy atom. The number of fused-ring (bicyclic) bond motifs is 1. The number of pyridine rings is 2. The quantitative estimate of drug-likeness (QED) is 0.390. The van der Waals surface area contributed by atoms with E-state index < -0.39 is 5.82 Å². The first-order chi connectivity index (χ1) is 17.4. The molecule has 3 N–H and O–H groups in total. The van der Waals surface area contributed by atoms with E-state index in [1.165, 1.54) is 27.3 Å². The smallest absolute Gasteiger partial charge is 0.250 e. The van der Waals surface area contributed by atoms with E-state index in [0.717, 1.165) is 11.3 Å². The van der Waals surface area contributed by atoms with Crippen molar-refractivity contribution in [3.8, 4) is 28.5 Å². The summed E-state index contributed by atoms with van der Waals surface area (Å²) >= 11 is 0. The van der Waals surface area contributed by atoms with Crippen molar-refractivity contribution < 1.29 is 4.39 Å². The van der Waals surface area contributed by atoms with E-state index in [2.05, 4.69) is 25.4 Å². The van der Waals surface area contributed by atoms with Crippen molar-refractivity contribution in [3.63, 3.8) is 0 Å². The Morgan fingerprint density at radius 2 is 2.00 bits per heavy atom. The van der Waals surface area contributed by atoms with E-state index in [1.807, 2.05) is 25.1 Å². The van der Waals surface area contributed by atoms with Crippen molar-refractivity contribution in [2.45, 2.75) is 13.5 Å². The van der Waals surface area contributed by atoms with Gasteiger partial charge in [0.1, 0.15) is 11.9 Å². The van der Waals surface area contributed by atoms with Gasteiger partial charge < -0.3 is 15.6 Å². The Morgan fingerprint density at radius 1 is 1.17 bits per heavy atom. The second-order valence-electron chi connectivity index (χ2n) is 8.13. The Hall–Kier alpha value is -5.11. The van der Waals surface area contributed by atoms with E-state index in [4.69, 9.17) is 5.73 Å². The third kappa shape index (κ3) is 3.90. The number of aromatic nitrogens is 6. The SMILES string of the molecule is Cc1cccnc1CNc1nc2c(-c3ccc(=O)n(C)c3)c(-c3cccc(C#N)c3F)nc(N)n2n1. The maximum Gasteiger partial charge on any atom is 0.250 e. The van der Waals surface area contributed by atoms with Gasteiger partial charge in [0.2, 0.25) is 17.5 Å². The molecule has 0 spiro atoms. The summed E-state index contributed by atoms with van der Waals surface area (Å²) in [6.07, 6.45) is 3.31. The number of nitrogens with zero attached hydrogens (tertiary/aromatic N) is 7. The zero-order valence-corrected chi connectivity index (χ0v) is 19.4. The number of benzene rings is 1. The first kappa shape index (κ1) is 22.7. The van der Waals surface area contributed by atoms with E-state index >= 15 is 4.39 Å². The average molecular weight is 481 g/mol. The lowest BCUT2D eigenvalue weighted by Gasteiger charge is -2.13. The Labute approximate surface area is 204 Å². The van der Waals surface area contributed by atoms with Crippen LogP contribution in [0.25, 0.3) is 28.0 Å². The number of halogens is 1. The molecule has 0 aliphatic heterocycles. The molecular formula is C25H20FN9O. The van der Waals surface area contributed by atoms with Gasteiger partial charge in [0.15, 0.2) is 5.65 Å². The summed E-state index contributed by atoms with van der Waals surface area (Å²) in [6, 6.07) is 13.1. The molecule has 0 unspecified atom stereocenters. The van der Waals surface area contributed by atoms with Crippen LogP contribution < -0.4 is 16.6 Å². The summed E-state index contributed by atoms with van der Waals surface area (Å²) in [4.78, 5) is 25.5. The normalized spacial score (nSPS) is 10.9. The molecule has 0 atom stereocenters. The van der Waals surface area contributed by atoms with Gasteiger partial charge in [0, 0.05) is 36.6 Å². The van der Waals surface area contributed by atoms with Crippen molar-refractivity contribution >= 4 is 17.5 Å². The highest BCUT2D eigenvalue weighted by Crippen LogP contribution is 2.36. The second-order valence-corrected chi connectivity index (χ2v) is 8.13. The van der Waals surface area contributed by atoms with E-state index in [9.17, 15) is 10.1 Å². The topological polar surface area (TPSA) is 140 Å². The maximum atomic E-state index is 15.3. The third-order valence-corrected chi connectivity index (χ3v) is 5.79. The molecular weight excluding hydrogens is 461 g/mol. The fraction of sp³-hybridized carbons (Fsp3) is 0.120. The molecule has 0 saturated carbocycles. The van der Waals surface area contributed by atoms with E-state index in [-0.39, 0.29) is 34.3 Å². The molecule has 0 saturated heterocycles. The summed E-state index contributed by atoms with van der Waals surface area (Å²) < 4.78 is 18.0. The standard InChI is InChI=1S/C25H20FN9O/c1-14-5-4-10-29-18(14)12-30-25-32-23-20(16-8-9-19(36)34(2)13-16)22(31-24(28)35(23)33-25)17-7-3-6-15(11-27)21(17)26/h3-10,13H,12H2,1-2H3,(H2,28,31)(H,30,33). The van der Waals surface area contributed by atoms with Gasteiger partial charge in [-0.25, -0.2) is 9.37 Å². The number of nitriles is 1. The van der Waals surface area contributed by atoms with Crippen LogP contribution in [0.15, 0.2) is 59.7 Å². The Kier molecular flexibility index (Phi) is 5.62. The predicted octanol–water partition coefficient (Wildman–Crippen LogP) is 3.07. The molecule has 10 nitrogen and oxygen atoms in total. The summed E-state index contributed by atoms with van der Waals surface area (Å²) in [6.45, 7) is 2.33. The van der Waals surface area contributed by atoms with Gasteiger partial charge in [-0.2, -0.15) is 14.8 Å². The van der Waals surface area contributed by atoms with Crippen molar-refractivity contribution in [2.75, 3.05) is 11.1 Å². The van der Waals surface area contributed by atoms with Crippen LogP contribution in [0.4, 0.5) is 16.3 Å². The van der Waals surface area contributed by atoms with Crippen molar-refractivity contribution in [1.82, 2.24) is 29.1 Å². The molecule has 0 amide bonds. The summed E-state index contributed by atoms with van der Waals surface area (Å²) in [5.41, 5.74) is 9.23. The second kappa shape index (κ2) is 8.92. The fourth-order valence-corrected chi connectivity index (χ4v) is 3.90. The van der Waals surface area contributed by atoms with Crippen LogP contribution in [0.3, 0.4) is 0 Å². The lowest BCUT2D eigenvalue weighted by Crippen LogP contribution is -2.14. The van der Waals surface area contributed by atoms with Crippen LogP contribution in [-0.4, -0.2) is 29.1 Å². The molecule has 0 fully saturated rings. The summed E-state index contributed by atoms with van der Waals surface area (Å²) in [7, 11) is 1.61. The Bertz CT molecular complexity index is 1730. The van der Waals surface area contributed by atoms with Crippen LogP contribution in [0, 0.1) is 24.1 Å². The number of nitrogens with one attached hydrogen (secondary N) is 1. The molecule has 0 bridgehead atoms. The zero-order chi connectivity index (χ0) is 25.4. The van der Waals surface area contributed by atoms with Gasteiger partial charge in [0.05, 0.1) is 29.1 Å². The lowest BCUT2D eigenvalue weighted by molar-refractivity contribution is 0.627. The molecule has 36 heavy (non-hydrogen) atoms. The lowest BCUT2D eigenvalue weighted by atomic mass is 9.99. The third-order valence-electron chi connectivity index (χ3n) is 5.79. The molecule has 0 aliphatic carbocycles. The number of anilines is 2. The molecule has 0 radical (unpaired) electrons. The van der Waals surface area contributed by atoms with Gasteiger partial charge in [-0.3, -0.25) is 9.78 Å². The highest BCUT2D eigenvalue weighted by molar-refractivity contribution is 5.91. The van der Waals surface area contributed by atoms with Gasteiger partial charge in [-0.05, 0) is 36.8 Å². The monoisotopic (exact) mass is 481 g/mol. The van der Waals surface area contributed by atoms with Crippen molar-refractivity contribution in [3.05, 3.63) is 87.9 Å². The first-order valence-electron chi connectivity index (χ1n) is 10.9. The molecule has 5 rings (SSSR count). The van der Waals surface area contributed by atoms with Crippen molar-refractivity contribution in [2.24, 2.45) is 7.05 Å². The van der Waals surface area contributed by atoms with E-state index in [0.29, 0.717) is 23.3 Å². The molecule has 5 aromatic rings. The minimum atomic E-state index is -0.731. The van der Waals surface area contributed by atoms with Crippen LogP contribution >= 0.6 is 0 Å². The van der Waals surface area contributed by atoms with Crippen LogP contribution in [0.1, 0.15) is 16.8 Å². The maximum absolute atomic E-state index is 15.3. The first-order valence-corrected chi connectivity index (χ1v) is 10.9. The number of hydrogen-bond donors (Lipinski definition) is 2.